The molecular weight excluding hydrogens is 439 g/mol. The zero-order valence-corrected chi connectivity index (χ0v) is 19.0. The van der Waals surface area contributed by atoms with Gasteiger partial charge < -0.3 is 20.4 Å². The lowest BCUT2D eigenvalue weighted by atomic mass is 10.1. The fraction of sp³-hybridized carbons (Fsp3) is 0.684. The maximum Gasteiger partial charge on any atom is 0.191 e. The van der Waals surface area contributed by atoms with Crippen LogP contribution in [-0.4, -0.2) is 62.2 Å². The fourth-order valence-electron chi connectivity index (χ4n) is 2.92. The Labute approximate surface area is 175 Å². The van der Waals surface area contributed by atoms with E-state index in [1.165, 1.54) is 5.56 Å². The van der Waals surface area contributed by atoms with Gasteiger partial charge in [-0.2, -0.15) is 0 Å². The average Bonchev–Trinajstić information content (AvgIpc) is 2.64. The highest BCUT2D eigenvalue weighted by Gasteiger charge is 2.16. The first-order valence-corrected chi connectivity index (χ1v) is 9.49. The Hall–Kier alpha value is -1.09. The van der Waals surface area contributed by atoms with Crippen molar-refractivity contribution in [2.24, 2.45) is 10.9 Å². The second-order valence-electron chi connectivity index (χ2n) is 6.98. The monoisotopic (exact) mass is 474 g/mol. The number of halogens is 1. The number of guanidine groups is 1. The molecule has 0 aromatic carbocycles. The second kappa shape index (κ2) is 12.3. The summed E-state index contributed by atoms with van der Waals surface area (Å²) in [7, 11) is 1.82. The van der Waals surface area contributed by atoms with Crippen LogP contribution in [0.1, 0.15) is 32.8 Å². The SMILES string of the molecule is CCN1CCN(c2cc(CNC(=NC)NCCC(C)C)ccn2)CC1.I. The summed E-state index contributed by atoms with van der Waals surface area (Å²) in [4.78, 5) is 13.7. The van der Waals surface area contributed by atoms with Gasteiger partial charge in [-0.05, 0) is 36.6 Å². The highest BCUT2D eigenvalue weighted by atomic mass is 127. The van der Waals surface area contributed by atoms with E-state index in [4.69, 9.17) is 0 Å². The molecule has 1 aromatic rings. The number of nitrogens with one attached hydrogen (secondary N) is 2. The van der Waals surface area contributed by atoms with Gasteiger partial charge in [-0.1, -0.05) is 20.8 Å². The molecule has 1 aromatic heterocycles. The third-order valence-electron chi connectivity index (χ3n) is 4.65. The number of hydrogen-bond acceptors (Lipinski definition) is 4. The van der Waals surface area contributed by atoms with Crippen LogP contribution in [0.25, 0.3) is 0 Å². The molecule has 0 saturated carbocycles. The number of aliphatic imine (C=N–C) groups is 1. The van der Waals surface area contributed by atoms with Gasteiger partial charge in [0.1, 0.15) is 5.82 Å². The van der Waals surface area contributed by atoms with Gasteiger partial charge in [-0.25, -0.2) is 4.98 Å². The van der Waals surface area contributed by atoms with Gasteiger partial charge in [0, 0.05) is 52.5 Å². The zero-order chi connectivity index (χ0) is 18.1. The molecule has 7 heteroatoms. The predicted octanol–water partition coefficient (Wildman–Crippen LogP) is 2.55. The van der Waals surface area contributed by atoms with Crippen molar-refractivity contribution in [2.75, 3.05) is 51.2 Å². The van der Waals surface area contributed by atoms with Crippen molar-refractivity contribution in [3.8, 4) is 0 Å². The second-order valence-corrected chi connectivity index (χ2v) is 6.98. The van der Waals surface area contributed by atoms with E-state index in [1.54, 1.807) is 0 Å². The minimum Gasteiger partial charge on any atom is -0.356 e. The lowest BCUT2D eigenvalue weighted by molar-refractivity contribution is 0.270. The predicted molar refractivity (Wildman–Crippen MR) is 122 cm³/mol. The molecule has 148 valence electrons. The number of hydrogen-bond donors (Lipinski definition) is 2. The number of pyridine rings is 1. The minimum atomic E-state index is 0. The summed E-state index contributed by atoms with van der Waals surface area (Å²) in [5.41, 5.74) is 1.23. The molecule has 26 heavy (non-hydrogen) atoms. The van der Waals surface area contributed by atoms with Crippen molar-refractivity contribution in [1.29, 1.82) is 0 Å². The molecule has 0 radical (unpaired) electrons. The molecule has 1 aliphatic rings. The molecule has 0 aliphatic carbocycles. The molecule has 2 rings (SSSR count). The number of nitrogens with zero attached hydrogens (tertiary/aromatic N) is 4. The molecule has 0 amide bonds. The Morgan fingerprint density at radius 3 is 2.58 bits per heavy atom. The van der Waals surface area contributed by atoms with Crippen molar-refractivity contribution in [1.82, 2.24) is 20.5 Å². The van der Waals surface area contributed by atoms with Gasteiger partial charge in [0.05, 0.1) is 0 Å². The summed E-state index contributed by atoms with van der Waals surface area (Å²) in [5, 5.41) is 6.76. The molecule has 0 atom stereocenters. The van der Waals surface area contributed by atoms with Crippen LogP contribution in [0, 0.1) is 5.92 Å². The third-order valence-corrected chi connectivity index (χ3v) is 4.65. The van der Waals surface area contributed by atoms with Gasteiger partial charge >= 0.3 is 0 Å². The highest BCUT2D eigenvalue weighted by molar-refractivity contribution is 14.0. The van der Waals surface area contributed by atoms with Crippen LogP contribution in [0.4, 0.5) is 5.82 Å². The maximum atomic E-state index is 4.56. The van der Waals surface area contributed by atoms with Crippen LogP contribution in [0.3, 0.4) is 0 Å². The van der Waals surface area contributed by atoms with Gasteiger partial charge in [0.25, 0.3) is 0 Å². The minimum absolute atomic E-state index is 0. The summed E-state index contributed by atoms with van der Waals surface area (Å²) in [6, 6.07) is 4.26. The molecule has 1 aliphatic heterocycles. The summed E-state index contributed by atoms with van der Waals surface area (Å²) in [6.07, 6.45) is 3.05. The van der Waals surface area contributed by atoms with Crippen molar-refractivity contribution in [3.63, 3.8) is 0 Å². The number of piperazine rings is 1. The van der Waals surface area contributed by atoms with E-state index in [2.05, 4.69) is 63.3 Å². The van der Waals surface area contributed by atoms with Crippen molar-refractivity contribution in [2.45, 2.75) is 33.7 Å². The van der Waals surface area contributed by atoms with Crippen molar-refractivity contribution >= 4 is 35.8 Å². The van der Waals surface area contributed by atoms with E-state index in [1.807, 2.05) is 13.2 Å². The number of rotatable bonds is 7. The zero-order valence-electron chi connectivity index (χ0n) is 16.7. The normalized spacial score (nSPS) is 15.7. The maximum absolute atomic E-state index is 4.56. The lowest BCUT2D eigenvalue weighted by Gasteiger charge is -2.34. The average molecular weight is 474 g/mol. The van der Waals surface area contributed by atoms with Crippen LogP contribution in [0.15, 0.2) is 23.3 Å². The van der Waals surface area contributed by atoms with Gasteiger partial charge in [-0.3, -0.25) is 4.99 Å². The third kappa shape index (κ3) is 7.65. The first-order chi connectivity index (χ1) is 12.1. The molecule has 2 heterocycles. The Balaban J connectivity index is 0.00000338. The fourth-order valence-corrected chi connectivity index (χ4v) is 2.92. The topological polar surface area (TPSA) is 55.8 Å². The summed E-state index contributed by atoms with van der Waals surface area (Å²) >= 11 is 0. The van der Waals surface area contributed by atoms with E-state index in [9.17, 15) is 0 Å². The first kappa shape index (κ1) is 23.0. The van der Waals surface area contributed by atoms with Crippen LogP contribution >= 0.6 is 24.0 Å². The molecule has 1 saturated heterocycles. The molecule has 2 N–H and O–H groups in total. The highest BCUT2D eigenvalue weighted by Crippen LogP contribution is 2.15. The van der Waals surface area contributed by atoms with Gasteiger partial charge in [-0.15, -0.1) is 24.0 Å². The summed E-state index contributed by atoms with van der Waals surface area (Å²) in [5.74, 6) is 2.63. The largest absolute Gasteiger partial charge is 0.356 e. The smallest absolute Gasteiger partial charge is 0.191 e. The van der Waals surface area contributed by atoms with E-state index in [0.717, 1.165) is 64.0 Å². The Bertz CT molecular complexity index is 541. The number of anilines is 1. The molecular formula is C19H35IN6. The van der Waals surface area contributed by atoms with Crippen molar-refractivity contribution < 1.29 is 0 Å². The quantitative estimate of drug-likeness (QED) is 0.362. The van der Waals surface area contributed by atoms with Crippen LogP contribution in [0.2, 0.25) is 0 Å². The molecule has 0 spiro atoms. The lowest BCUT2D eigenvalue weighted by Crippen LogP contribution is -2.46. The standard InChI is InChI=1S/C19H34N6.HI/c1-5-24-10-12-25(13-11-24)18-14-17(7-9-21-18)15-23-19(20-4)22-8-6-16(2)3;/h7,9,14,16H,5-6,8,10-13,15H2,1-4H3,(H2,20,22,23);1H. The Kier molecular flexibility index (Phi) is 10.9. The van der Waals surface area contributed by atoms with Crippen LogP contribution in [0.5, 0.6) is 0 Å². The van der Waals surface area contributed by atoms with E-state index in [0.29, 0.717) is 5.92 Å². The molecule has 0 bridgehead atoms. The van der Waals surface area contributed by atoms with Crippen molar-refractivity contribution in [3.05, 3.63) is 23.9 Å². The summed E-state index contributed by atoms with van der Waals surface area (Å²) < 4.78 is 0. The first-order valence-electron chi connectivity index (χ1n) is 9.49. The van der Waals surface area contributed by atoms with E-state index < -0.39 is 0 Å². The number of aromatic nitrogens is 1. The molecule has 6 nitrogen and oxygen atoms in total. The molecule has 1 fully saturated rings. The van der Waals surface area contributed by atoms with Gasteiger partial charge in [0.15, 0.2) is 5.96 Å². The summed E-state index contributed by atoms with van der Waals surface area (Å²) in [6.45, 7) is 13.9. The van der Waals surface area contributed by atoms with E-state index >= 15 is 0 Å². The number of likely N-dealkylation sites (N-methyl/N-ethyl adjacent to an activating group) is 1. The molecule has 0 unspecified atom stereocenters. The van der Waals surface area contributed by atoms with Crippen LogP contribution < -0.4 is 15.5 Å². The van der Waals surface area contributed by atoms with Crippen LogP contribution in [-0.2, 0) is 6.54 Å². The Morgan fingerprint density at radius 2 is 1.96 bits per heavy atom. The van der Waals surface area contributed by atoms with E-state index in [-0.39, 0.29) is 24.0 Å². The van der Waals surface area contributed by atoms with Gasteiger partial charge in [0.2, 0.25) is 0 Å². The Morgan fingerprint density at radius 1 is 1.23 bits per heavy atom.